The van der Waals surface area contributed by atoms with Crippen LogP contribution >= 0.6 is 31.9 Å². The molecule has 4 heterocycles. The quantitative estimate of drug-likeness (QED) is 0.341. The Morgan fingerprint density at radius 3 is 2.83 bits per heavy atom. The van der Waals surface area contributed by atoms with Gasteiger partial charge < -0.3 is 20.5 Å². The van der Waals surface area contributed by atoms with Crippen molar-refractivity contribution in [2.75, 3.05) is 11.1 Å². The highest BCUT2D eigenvalue weighted by Gasteiger charge is 2.64. The van der Waals surface area contributed by atoms with Crippen molar-refractivity contribution in [3.05, 3.63) is 51.8 Å². The van der Waals surface area contributed by atoms with Gasteiger partial charge in [0.05, 0.1) is 10.9 Å². The number of aromatic nitrogens is 4. The van der Waals surface area contributed by atoms with Crippen molar-refractivity contribution in [1.29, 1.82) is 0 Å². The number of nitrogens with one attached hydrogen (secondary N) is 1. The fourth-order valence-corrected chi connectivity index (χ4v) is 6.04. The van der Waals surface area contributed by atoms with Crippen molar-refractivity contribution in [2.45, 2.75) is 38.4 Å². The maximum atomic E-state index is 13.8. The summed E-state index contributed by atoms with van der Waals surface area (Å²) in [5, 5.41) is 4.46. The first-order valence-corrected chi connectivity index (χ1v) is 12.8. The maximum Gasteiger partial charge on any atom is 0.248 e. The Morgan fingerprint density at radius 1 is 1.20 bits per heavy atom. The molecule has 0 bridgehead atoms. The van der Waals surface area contributed by atoms with E-state index in [1.54, 1.807) is 23.1 Å². The fourth-order valence-electron chi connectivity index (χ4n) is 5.34. The molecule has 2 aliphatic rings. The highest BCUT2D eigenvalue weighted by molar-refractivity contribution is 9.10. The van der Waals surface area contributed by atoms with E-state index in [4.69, 9.17) is 5.73 Å². The molecule has 0 radical (unpaired) electrons. The molecule has 1 aliphatic carbocycles. The van der Waals surface area contributed by atoms with Crippen molar-refractivity contribution in [3.63, 3.8) is 0 Å². The van der Waals surface area contributed by atoms with Gasteiger partial charge in [0.15, 0.2) is 0 Å². The second-order valence-corrected chi connectivity index (χ2v) is 11.2. The Hall–Kier alpha value is -3.05. The third-order valence-corrected chi connectivity index (χ3v) is 8.05. The van der Waals surface area contributed by atoms with Crippen LogP contribution in [0.4, 0.5) is 11.6 Å². The summed E-state index contributed by atoms with van der Waals surface area (Å²) in [6.45, 7) is 2.18. The fraction of sp³-hybridized carbons (Fsp3) is 0.292. The van der Waals surface area contributed by atoms with Crippen LogP contribution in [0.3, 0.4) is 0 Å². The van der Waals surface area contributed by atoms with Gasteiger partial charge >= 0.3 is 0 Å². The molecule has 1 aromatic carbocycles. The van der Waals surface area contributed by atoms with Gasteiger partial charge in [-0.1, -0.05) is 28.9 Å². The van der Waals surface area contributed by atoms with Crippen LogP contribution in [0.1, 0.15) is 19.8 Å². The van der Waals surface area contributed by atoms with E-state index in [9.17, 15) is 9.59 Å². The maximum absolute atomic E-state index is 13.8. The molecule has 3 unspecified atom stereocenters. The number of halogens is 2. The van der Waals surface area contributed by atoms with Crippen LogP contribution in [0.25, 0.3) is 21.9 Å². The van der Waals surface area contributed by atoms with E-state index in [-0.39, 0.29) is 29.8 Å². The summed E-state index contributed by atoms with van der Waals surface area (Å²) in [7, 11) is 0. The summed E-state index contributed by atoms with van der Waals surface area (Å²) in [4.78, 5) is 41.7. The van der Waals surface area contributed by atoms with Gasteiger partial charge in [0, 0.05) is 15.9 Å². The Labute approximate surface area is 217 Å². The number of piperidine rings is 1. The molecule has 3 atom stereocenters. The summed E-state index contributed by atoms with van der Waals surface area (Å²) in [6.07, 6.45) is 2.92. The molecule has 6 rings (SSSR count). The van der Waals surface area contributed by atoms with Gasteiger partial charge in [-0.2, -0.15) is 0 Å². The molecule has 1 saturated heterocycles. The number of likely N-dealkylation sites (tertiary alicyclic amines) is 1. The number of benzene rings is 1. The molecule has 11 heteroatoms. The molecule has 9 nitrogen and oxygen atoms in total. The number of hydrogen-bond acceptors (Lipinski definition) is 6. The molecular formula is C24H21Br2N7O2. The smallest absolute Gasteiger partial charge is 0.248 e. The monoisotopic (exact) mass is 597 g/mol. The van der Waals surface area contributed by atoms with Gasteiger partial charge in [-0.3, -0.25) is 9.59 Å². The van der Waals surface area contributed by atoms with Crippen molar-refractivity contribution >= 4 is 77.2 Å². The lowest BCUT2D eigenvalue weighted by Crippen LogP contribution is -2.46. The van der Waals surface area contributed by atoms with E-state index >= 15 is 0 Å². The van der Waals surface area contributed by atoms with Crippen LogP contribution in [-0.2, 0) is 16.1 Å². The SMILES string of the molecule is CC12CC(C(=O)Nc3cccc(Br)n3)N(C(=O)Cn3c4ccc(Br)cc4c4c(N)ncnc43)C1C2. The zero-order valence-corrected chi connectivity index (χ0v) is 21.9. The van der Waals surface area contributed by atoms with Crippen molar-refractivity contribution < 1.29 is 9.59 Å². The van der Waals surface area contributed by atoms with Gasteiger partial charge in [0.2, 0.25) is 11.8 Å². The van der Waals surface area contributed by atoms with E-state index in [1.165, 1.54) is 6.33 Å². The first-order valence-electron chi connectivity index (χ1n) is 11.2. The number of nitrogens with two attached hydrogens (primary N) is 1. The van der Waals surface area contributed by atoms with Crippen LogP contribution in [0.5, 0.6) is 0 Å². The summed E-state index contributed by atoms with van der Waals surface area (Å²) in [5.41, 5.74) is 7.58. The predicted octanol–water partition coefficient (Wildman–Crippen LogP) is 4.10. The second-order valence-electron chi connectivity index (χ2n) is 9.43. The molecular weight excluding hydrogens is 578 g/mol. The average Bonchev–Trinajstić information content (AvgIpc) is 3.22. The Kier molecular flexibility index (Phi) is 5.12. The number of carbonyl (C=O) groups excluding carboxylic acids is 2. The molecule has 3 aromatic heterocycles. The van der Waals surface area contributed by atoms with Crippen molar-refractivity contribution in [3.8, 4) is 0 Å². The van der Waals surface area contributed by atoms with Gasteiger partial charge in [-0.15, -0.1) is 0 Å². The lowest BCUT2D eigenvalue weighted by atomic mass is 10.0. The van der Waals surface area contributed by atoms with Crippen LogP contribution in [0, 0.1) is 5.41 Å². The number of rotatable bonds is 4. The summed E-state index contributed by atoms with van der Waals surface area (Å²) >= 11 is 6.84. The molecule has 3 N–H and O–H groups in total. The molecule has 2 amide bonds. The Morgan fingerprint density at radius 2 is 2.03 bits per heavy atom. The third-order valence-electron chi connectivity index (χ3n) is 7.12. The highest BCUT2D eigenvalue weighted by atomic mass is 79.9. The van der Waals surface area contributed by atoms with Crippen molar-refractivity contribution in [1.82, 2.24) is 24.4 Å². The predicted molar refractivity (Wildman–Crippen MR) is 139 cm³/mol. The number of carbonyl (C=O) groups is 2. The van der Waals surface area contributed by atoms with Crippen LogP contribution in [0.2, 0.25) is 0 Å². The molecule has 4 aromatic rings. The number of nitrogens with zero attached hydrogens (tertiary/aromatic N) is 5. The second kappa shape index (κ2) is 7.99. The largest absolute Gasteiger partial charge is 0.383 e. The first-order chi connectivity index (χ1) is 16.7. The molecule has 1 aliphatic heterocycles. The Balaban J connectivity index is 1.34. The number of hydrogen-bond donors (Lipinski definition) is 2. The summed E-state index contributed by atoms with van der Waals surface area (Å²) < 4.78 is 3.38. The molecule has 0 spiro atoms. The van der Waals surface area contributed by atoms with E-state index in [0.717, 1.165) is 21.8 Å². The van der Waals surface area contributed by atoms with E-state index in [0.29, 0.717) is 33.7 Å². The standard InChI is InChI=1S/C24H21Br2N7O2/c1-24-8-15(23(35)31-18-4-2-3-17(26)30-18)33(16(24)9-24)19(34)10-32-14-6-5-12(25)7-13(14)20-21(27)28-11-29-22(20)32/h2-7,11,15-16H,8-10H2,1H3,(H2,27,28,29)(H,30,31,35). The summed E-state index contributed by atoms with van der Waals surface area (Å²) in [5.74, 6) is 0.453. The van der Waals surface area contributed by atoms with E-state index < -0.39 is 6.04 Å². The third kappa shape index (κ3) is 3.68. The van der Waals surface area contributed by atoms with Gasteiger partial charge in [0.25, 0.3) is 0 Å². The van der Waals surface area contributed by atoms with Gasteiger partial charge in [-0.05, 0) is 64.5 Å². The topological polar surface area (TPSA) is 119 Å². The minimum Gasteiger partial charge on any atom is -0.383 e. The van der Waals surface area contributed by atoms with Crippen LogP contribution in [-0.4, -0.2) is 48.3 Å². The number of pyridine rings is 1. The van der Waals surface area contributed by atoms with E-state index in [2.05, 4.69) is 59.1 Å². The first kappa shape index (κ1) is 22.4. The normalized spacial score (nSPS) is 23.0. The van der Waals surface area contributed by atoms with Crippen LogP contribution < -0.4 is 11.1 Å². The number of fused-ring (bicyclic) bond motifs is 4. The molecule has 2 fully saturated rings. The van der Waals surface area contributed by atoms with Crippen LogP contribution in [0.15, 0.2) is 51.8 Å². The van der Waals surface area contributed by atoms with Gasteiger partial charge in [-0.25, -0.2) is 15.0 Å². The highest BCUT2D eigenvalue weighted by Crippen LogP contribution is 2.59. The molecule has 1 saturated carbocycles. The molecule has 35 heavy (non-hydrogen) atoms. The zero-order chi connectivity index (χ0) is 24.5. The van der Waals surface area contributed by atoms with Gasteiger partial charge in [0.1, 0.15) is 40.8 Å². The zero-order valence-electron chi connectivity index (χ0n) is 18.7. The summed E-state index contributed by atoms with van der Waals surface area (Å²) in [6, 6.07) is 10.6. The Bertz CT molecular complexity index is 1540. The number of nitrogen functional groups attached to an aromatic ring is 1. The molecule has 178 valence electrons. The minimum absolute atomic E-state index is 0.0410. The lowest BCUT2D eigenvalue weighted by molar-refractivity contribution is -0.138. The van der Waals surface area contributed by atoms with E-state index in [1.807, 2.05) is 22.8 Å². The van der Waals surface area contributed by atoms with Crippen molar-refractivity contribution in [2.24, 2.45) is 5.41 Å². The minimum atomic E-state index is -0.561. The number of anilines is 2. The number of amides is 2. The average molecular weight is 599 g/mol. The lowest BCUT2D eigenvalue weighted by Gasteiger charge is -2.27.